The second-order valence-corrected chi connectivity index (χ2v) is 7.26. The highest BCUT2D eigenvalue weighted by Gasteiger charge is 2.18. The van der Waals surface area contributed by atoms with E-state index in [4.69, 9.17) is 0 Å². The molecule has 1 fully saturated rings. The highest BCUT2D eigenvalue weighted by atomic mass is 16.6. The predicted molar refractivity (Wildman–Crippen MR) is 112 cm³/mol. The van der Waals surface area contributed by atoms with Crippen LogP contribution in [0.25, 0.3) is 0 Å². The average Bonchev–Trinajstić information content (AvgIpc) is 2.97. The predicted octanol–water partition coefficient (Wildman–Crippen LogP) is 4.29. The minimum atomic E-state index is -0.490. The minimum Gasteiger partial charge on any atom is -0.377 e. The zero-order valence-electron chi connectivity index (χ0n) is 16.4. The molecule has 0 aliphatic carbocycles. The van der Waals surface area contributed by atoms with Gasteiger partial charge in [-0.2, -0.15) is 0 Å². The number of benzene rings is 2. The van der Waals surface area contributed by atoms with Crippen molar-refractivity contribution < 1.29 is 9.72 Å². The van der Waals surface area contributed by atoms with Crippen LogP contribution in [0, 0.1) is 10.1 Å². The molecule has 0 unspecified atom stereocenters. The number of rotatable bonds is 5. The first-order chi connectivity index (χ1) is 13.5. The van der Waals surface area contributed by atoms with Gasteiger partial charge in [0.15, 0.2) is 0 Å². The van der Waals surface area contributed by atoms with Crippen molar-refractivity contribution in [2.24, 2.45) is 0 Å². The van der Waals surface area contributed by atoms with E-state index in [1.807, 2.05) is 18.2 Å². The lowest BCUT2D eigenvalue weighted by molar-refractivity contribution is -0.384. The summed E-state index contributed by atoms with van der Waals surface area (Å²) in [5.74, 6) is -0.361. The largest absolute Gasteiger partial charge is 0.377 e. The molecule has 1 aliphatic rings. The smallest absolute Gasteiger partial charge is 0.270 e. The minimum absolute atomic E-state index is 0.103. The molecule has 2 aromatic rings. The normalized spacial score (nSPS) is 14.3. The Labute approximate surface area is 165 Å². The molecule has 1 saturated heterocycles. The van der Waals surface area contributed by atoms with Crippen LogP contribution in [0.1, 0.15) is 36.0 Å². The maximum Gasteiger partial charge on any atom is 0.270 e. The summed E-state index contributed by atoms with van der Waals surface area (Å²) in [6, 6.07) is 12.1. The standard InChI is InChI=1S/C21H26N4O3/c1-23(2)20-11-10-18(25(27)28)15-19(20)21(26)22-16-8-7-9-17(14-16)24-12-5-3-4-6-13-24/h7-11,14-15H,3-6,12-13H2,1-2H3,(H,22,26). The Hall–Kier alpha value is -3.09. The van der Waals surface area contributed by atoms with E-state index in [1.54, 1.807) is 25.1 Å². The summed E-state index contributed by atoms with van der Waals surface area (Å²) in [6.07, 6.45) is 4.87. The molecule has 0 bridgehead atoms. The van der Waals surface area contributed by atoms with Gasteiger partial charge in [0.1, 0.15) is 0 Å². The van der Waals surface area contributed by atoms with Crippen molar-refractivity contribution in [3.63, 3.8) is 0 Å². The molecule has 148 valence electrons. The van der Waals surface area contributed by atoms with E-state index in [-0.39, 0.29) is 17.2 Å². The van der Waals surface area contributed by atoms with Crippen LogP contribution in [0.15, 0.2) is 42.5 Å². The van der Waals surface area contributed by atoms with E-state index in [0.717, 1.165) is 18.8 Å². The van der Waals surface area contributed by atoms with E-state index in [1.165, 1.54) is 37.8 Å². The molecule has 0 aromatic heterocycles. The van der Waals surface area contributed by atoms with Crippen LogP contribution >= 0.6 is 0 Å². The Bertz CT molecular complexity index is 858. The molecule has 1 aliphatic heterocycles. The van der Waals surface area contributed by atoms with Gasteiger partial charge in [-0.3, -0.25) is 14.9 Å². The Morgan fingerprint density at radius 1 is 1.07 bits per heavy atom. The number of hydrogen-bond acceptors (Lipinski definition) is 5. The third-order valence-electron chi connectivity index (χ3n) is 4.99. The third-order valence-corrected chi connectivity index (χ3v) is 4.99. The van der Waals surface area contributed by atoms with Crippen molar-refractivity contribution in [1.82, 2.24) is 0 Å². The van der Waals surface area contributed by atoms with Crippen LogP contribution < -0.4 is 15.1 Å². The molecule has 0 atom stereocenters. The lowest BCUT2D eigenvalue weighted by Crippen LogP contribution is -2.24. The van der Waals surface area contributed by atoms with Crippen molar-refractivity contribution in [2.75, 3.05) is 42.3 Å². The summed E-state index contributed by atoms with van der Waals surface area (Å²) in [4.78, 5) is 27.6. The molecule has 1 N–H and O–H groups in total. The third kappa shape index (κ3) is 4.60. The monoisotopic (exact) mass is 382 g/mol. The van der Waals surface area contributed by atoms with Crippen LogP contribution in [0.4, 0.5) is 22.7 Å². The van der Waals surface area contributed by atoms with Crippen LogP contribution in [-0.4, -0.2) is 38.0 Å². The number of non-ortho nitro benzene ring substituents is 1. The Morgan fingerprint density at radius 2 is 1.79 bits per heavy atom. The van der Waals surface area contributed by atoms with Gasteiger partial charge in [-0.15, -0.1) is 0 Å². The molecule has 0 saturated carbocycles. The van der Waals surface area contributed by atoms with Gasteiger partial charge in [0.25, 0.3) is 11.6 Å². The number of nitrogens with zero attached hydrogens (tertiary/aromatic N) is 3. The van der Waals surface area contributed by atoms with E-state index >= 15 is 0 Å². The second-order valence-electron chi connectivity index (χ2n) is 7.26. The molecular weight excluding hydrogens is 356 g/mol. The van der Waals surface area contributed by atoms with Gasteiger partial charge >= 0.3 is 0 Å². The number of amides is 1. The van der Waals surface area contributed by atoms with Gasteiger partial charge in [-0.05, 0) is 37.1 Å². The molecule has 7 heteroatoms. The number of nitro benzene ring substituents is 1. The van der Waals surface area contributed by atoms with Gasteiger partial charge in [-0.25, -0.2) is 0 Å². The Kier molecular flexibility index (Phi) is 6.13. The maximum atomic E-state index is 12.9. The van der Waals surface area contributed by atoms with Crippen molar-refractivity contribution in [2.45, 2.75) is 25.7 Å². The molecular formula is C21H26N4O3. The summed E-state index contributed by atoms with van der Waals surface area (Å²) in [7, 11) is 3.61. The van der Waals surface area contributed by atoms with Crippen molar-refractivity contribution in [3.05, 3.63) is 58.1 Å². The van der Waals surface area contributed by atoms with E-state index in [9.17, 15) is 14.9 Å². The second kappa shape index (κ2) is 8.73. The van der Waals surface area contributed by atoms with Crippen LogP contribution in [-0.2, 0) is 0 Å². The maximum absolute atomic E-state index is 12.9. The lowest BCUT2D eigenvalue weighted by atomic mass is 10.1. The van der Waals surface area contributed by atoms with Crippen LogP contribution in [0.5, 0.6) is 0 Å². The zero-order chi connectivity index (χ0) is 20.1. The van der Waals surface area contributed by atoms with E-state index in [0.29, 0.717) is 11.4 Å². The van der Waals surface area contributed by atoms with Gasteiger partial charge in [0.2, 0.25) is 0 Å². The molecule has 1 heterocycles. The summed E-state index contributed by atoms with van der Waals surface area (Å²) in [5, 5.41) is 14.0. The first-order valence-electron chi connectivity index (χ1n) is 9.58. The fourth-order valence-electron chi connectivity index (χ4n) is 3.52. The SMILES string of the molecule is CN(C)c1ccc([N+](=O)[O-])cc1C(=O)Nc1cccc(N2CCCCCC2)c1. The van der Waals surface area contributed by atoms with Crippen molar-refractivity contribution in [1.29, 1.82) is 0 Å². The number of nitrogens with one attached hydrogen (secondary N) is 1. The topological polar surface area (TPSA) is 78.7 Å². The Balaban J connectivity index is 1.84. The van der Waals surface area contributed by atoms with Gasteiger partial charge in [0, 0.05) is 56.4 Å². The van der Waals surface area contributed by atoms with Crippen LogP contribution in [0.3, 0.4) is 0 Å². The molecule has 2 aromatic carbocycles. The van der Waals surface area contributed by atoms with Crippen molar-refractivity contribution in [3.8, 4) is 0 Å². The number of hydrogen-bond donors (Lipinski definition) is 1. The highest BCUT2D eigenvalue weighted by molar-refractivity contribution is 6.08. The van der Waals surface area contributed by atoms with Crippen molar-refractivity contribution >= 4 is 28.7 Å². The fraction of sp³-hybridized carbons (Fsp3) is 0.381. The Morgan fingerprint density at radius 3 is 2.43 bits per heavy atom. The summed E-state index contributed by atoms with van der Waals surface area (Å²) in [5.41, 5.74) is 2.58. The highest BCUT2D eigenvalue weighted by Crippen LogP contribution is 2.27. The van der Waals surface area contributed by atoms with Gasteiger partial charge in [0.05, 0.1) is 10.5 Å². The average molecular weight is 382 g/mol. The molecule has 7 nitrogen and oxygen atoms in total. The lowest BCUT2D eigenvalue weighted by Gasteiger charge is -2.23. The number of anilines is 3. The fourth-order valence-corrected chi connectivity index (χ4v) is 3.52. The first kappa shape index (κ1) is 19.7. The zero-order valence-corrected chi connectivity index (χ0v) is 16.4. The first-order valence-corrected chi connectivity index (χ1v) is 9.58. The van der Waals surface area contributed by atoms with Crippen LogP contribution in [0.2, 0.25) is 0 Å². The molecule has 0 radical (unpaired) electrons. The number of carbonyl (C=O) groups is 1. The summed E-state index contributed by atoms with van der Waals surface area (Å²) < 4.78 is 0. The van der Waals surface area contributed by atoms with E-state index in [2.05, 4.69) is 16.3 Å². The quantitative estimate of drug-likeness (QED) is 0.616. The summed E-state index contributed by atoms with van der Waals surface area (Å²) >= 11 is 0. The number of nitro groups is 1. The number of carbonyl (C=O) groups excluding carboxylic acids is 1. The van der Waals surface area contributed by atoms with E-state index < -0.39 is 4.92 Å². The van der Waals surface area contributed by atoms with Gasteiger partial charge < -0.3 is 15.1 Å². The molecule has 28 heavy (non-hydrogen) atoms. The summed E-state index contributed by atoms with van der Waals surface area (Å²) in [6.45, 7) is 2.04. The molecule has 3 rings (SSSR count). The molecule has 1 amide bonds. The van der Waals surface area contributed by atoms with Gasteiger partial charge in [-0.1, -0.05) is 18.9 Å². The molecule has 0 spiro atoms.